The minimum atomic E-state index is -0.937. The van der Waals surface area contributed by atoms with Crippen LogP contribution in [0.25, 0.3) is 0 Å². The number of amides is 1. The predicted octanol–water partition coefficient (Wildman–Crippen LogP) is 1.72. The lowest BCUT2D eigenvalue weighted by molar-refractivity contribution is -0.120. The van der Waals surface area contributed by atoms with Crippen molar-refractivity contribution >= 4 is 23.2 Å². The second kappa shape index (κ2) is 4.16. The van der Waals surface area contributed by atoms with Gasteiger partial charge in [0.25, 0.3) is 0 Å². The molecule has 1 heterocycles. The third-order valence-corrected chi connectivity index (χ3v) is 2.11. The van der Waals surface area contributed by atoms with E-state index in [0.717, 1.165) is 5.56 Å². The molecule has 1 aromatic heterocycles. The average Bonchev–Trinajstić information content (AvgIpc) is 2.09. The number of pyridine rings is 1. The van der Waals surface area contributed by atoms with Crippen LogP contribution in [0.5, 0.6) is 0 Å². The Morgan fingerprint density at radius 3 is 2.73 bits per heavy atom. The van der Waals surface area contributed by atoms with Crippen LogP contribution in [0, 0.1) is 6.92 Å². The molecule has 1 rings (SSSR count). The molecule has 0 aliphatic heterocycles. The third kappa shape index (κ3) is 3.18. The molecule has 0 aliphatic carbocycles. The van der Waals surface area contributed by atoms with Crippen LogP contribution in [0.3, 0.4) is 0 Å². The van der Waals surface area contributed by atoms with Gasteiger partial charge in [0.15, 0.2) is 5.15 Å². The lowest BCUT2D eigenvalue weighted by Crippen LogP contribution is -2.45. The largest absolute Gasteiger partial charge is 0.322 e. The summed E-state index contributed by atoms with van der Waals surface area (Å²) in [5.41, 5.74) is 6.11. The summed E-state index contributed by atoms with van der Waals surface area (Å²) in [5, 5.41) is 2.89. The van der Waals surface area contributed by atoms with Crippen molar-refractivity contribution in [3.8, 4) is 0 Å². The first kappa shape index (κ1) is 11.9. The molecule has 0 unspecified atom stereocenters. The number of nitrogens with zero attached hydrogens (tertiary/aromatic N) is 1. The Labute approximate surface area is 93.8 Å². The van der Waals surface area contributed by atoms with Gasteiger partial charge in [0, 0.05) is 6.20 Å². The van der Waals surface area contributed by atoms with E-state index in [9.17, 15) is 4.79 Å². The summed E-state index contributed by atoms with van der Waals surface area (Å²) in [7, 11) is 0. The Hall–Kier alpha value is -1.13. The van der Waals surface area contributed by atoms with Crippen molar-refractivity contribution in [2.45, 2.75) is 26.3 Å². The van der Waals surface area contributed by atoms with Crippen LogP contribution in [0.15, 0.2) is 12.3 Å². The Kier molecular flexibility index (Phi) is 3.31. The molecule has 0 spiro atoms. The van der Waals surface area contributed by atoms with Gasteiger partial charge in [-0.3, -0.25) is 4.79 Å². The molecular weight excluding hydrogens is 214 g/mol. The first-order valence-electron chi connectivity index (χ1n) is 4.53. The van der Waals surface area contributed by atoms with E-state index in [1.54, 1.807) is 26.1 Å². The summed E-state index contributed by atoms with van der Waals surface area (Å²) in [4.78, 5) is 15.5. The molecule has 0 saturated carbocycles. The molecule has 3 N–H and O–H groups in total. The quantitative estimate of drug-likeness (QED) is 0.756. The molecule has 0 fully saturated rings. The fourth-order valence-electron chi connectivity index (χ4n) is 0.924. The number of halogens is 1. The zero-order chi connectivity index (χ0) is 11.6. The highest BCUT2D eigenvalue weighted by atomic mass is 35.5. The minimum absolute atomic E-state index is 0.262. The third-order valence-electron chi connectivity index (χ3n) is 1.81. The average molecular weight is 228 g/mol. The number of hydrogen-bond acceptors (Lipinski definition) is 3. The SMILES string of the molecule is Cc1cnc(Cl)c(NC(=O)C(C)(C)N)c1. The summed E-state index contributed by atoms with van der Waals surface area (Å²) >= 11 is 5.82. The molecular formula is C10H14ClN3O. The summed E-state index contributed by atoms with van der Waals surface area (Å²) in [6, 6.07) is 1.75. The maximum absolute atomic E-state index is 11.6. The number of aromatic nitrogens is 1. The van der Waals surface area contributed by atoms with Gasteiger partial charge in [-0.15, -0.1) is 0 Å². The topological polar surface area (TPSA) is 68.0 Å². The number of carbonyl (C=O) groups is 1. The standard InChI is InChI=1S/C10H14ClN3O/c1-6-4-7(8(11)13-5-6)14-9(15)10(2,3)12/h4-5H,12H2,1-3H3,(H,14,15). The number of carbonyl (C=O) groups excluding carboxylic acids is 1. The molecule has 4 nitrogen and oxygen atoms in total. The molecule has 0 bridgehead atoms. The van der Waals surface area contributed by atoms with Gasteiger partial charge in [-0.1, -0.05) is 11.6 Å². The van der Waals surface area contributed by atoms with Crippen molar-refractivity contribution in [3.05, 3.63) is 23.0 Å². The maximum atomic E-state index is 11.6. The lowest BCUT2D eigenvalue weighted by atomic mass is 10.1. The van der Waals surface area contributed by atoms with Crippen LogP contribution in [-0.2, 0) is 4.79 Å². The summed E-state index contributed by atoms with van der Waals surface area (Å²) in [5.74, 6) is -0.295. The van der Waals surface area contributed by atoms with Gasteiger partial charge in [0.1, 0.15) is 0 Å². The highest BCUT2D eigenvalue weighted by Crippen LogP contribution is 2.20. The first-order valence-corrected chi connectivity index (χ1v) is 4.91. The molecule has 0 atom stereocenters. The highest BCUT2D eigenvalue weighted by Gasteiger charge is 2.22. The van der Waals surface area contributed by atoms with Crippen molar-refractivity contribution in [2.24, 2.45) is 5.73 Å². The molecule has 15 heavy (non-hydrogen) atoms. The summed E-state index contributed by atoms with van der Waals surface area (Å²) in [6.45, 7) is 5.12. The van der Waals surface area contributed by atoms with Crippen LogP contribution >= 0.6 is 11.6 Å². The number of hydrogen-bond donors (Lipinski definition) is 2. The predicted molar refractivity (Wildman–Crippen MR) is 60.9 cm³/mol. The molecule has 0 radical (unpaired) electrons. The van der Waals surface area contributed by atoms with Gasteiger partial charge in [-0.25, -0.2) is 4.98 Å². The Morgan fingerprint density at radius 1 is 1.60 bits per heavy atom. The van der Waals surface area contributed by atoms with Crippen molar-refractivity contribution in [1.29, 1.82) is 0 Å². The summed E-state index contributed by atoms with van der Waals surface area (Å²) < 4.78 is 0. The lowest BCUT2D eigenvalue weighted by Gasteiger charge is -2.18. The van der Waals surface area contributed by atoms with E-state index < -0.39 is 5.54 Å². The zero-order valence-corrected chi connectivity index (χ0v) is 9.72. The van der Waals surface area contributed by atoms with Crippen molar-refractivity contribution in [3.63, 3.8) is 0 Å². The van der Waals surface area contributed by atoms with E-state index in [2.05, 4.69) is 10.3 Å². The second-order valence-corrected chi connectivity index (χ2v) is 4.38. The van der Waals surface area contributed by atoms with E-state index in [4.69, 9.17) is 17.3 Å². The molecule has 0 aromatic carbocycles. The highest BCUT2D eigenvalue weighted by molar-refractivity contribution is 6.32. The Morgan fingerprint density at radius 2 is 2.20 bits per heavy atom. The molecule has 1 aromatic rings. The minimum Gasteiger partial charge on any atom is -0.322 e. The molecule has 0 saturated heterocycles. The van der Waals surface area contributed by atoms with Crippen LogP contribution in [0.4, 0.5) is 5.69 Å². The van der Waals surface area contributed by atoms with E-state index >= 15 is 0 Å². The Bertz CT molecular complexity index is 385. The molecule has 1 amide bonds. The van der Waals surface area contributed by atoms with Crippen molar-refractivity contribution in [1.82, 2.24) is 4.98 Å². The normalized spacial score (nSPS) is 11.3. The first-order chi connectivity index (χ1) is 6.80. The van der Waals surface area contributed by atoms with Crippen LogP contribution in [0.2, 0.25) is 5.15 Å². The van der Waals surface area contributed by atoms with Gasteiger partial charge in [-0.05, 0) is 32.4 Å². The van der Waals surface area contributed by atoms with E-state index in [0.29, 0.717) is 5.69 Å². The number of aryl methyl sites for hydroxylation is 1. The molecule has 82 valence electrons. The number of rotatable bonds is 2. The fourth-order valence-corrected chi connectivity index (χ4v) is 1.07. The van der Waals surface area contributed by atoms with Crippen molar-refractivity contribution < 1.29 is 4.79 Å². The monoisotopic (exact) mass is 227 g/mol. The van der Waals surface area contributed by atoms with E-state index in [1.165, 1.54) is 0 Å². The zero-order valence-electron chi connectivity index (χ0n) is 8.97. The number of nitrogens with two attached hydrogens (primary N) is 1. The summed E-state index contributed by atoms with van der Waals surface area (Å²) in [6.07, 6.45) is 1.63. The number of anilines is 1. The second-order valence-electron chi connectivity index (χ2n) is 4.03. The fraction of sp³-hybridized carbons (Fsp3) is 0.400. The number of nitrogens with one attached hydrogen (secondary N) is 1. The molecule has 0 aliphatic rings. The van der Waals surface area contributed by atoms with Crippen molar-refractivity contribution in [2.75, 3.05) is 5.32 Å². The van der Waals surface area contributed by atoms with Crippen LogP contribution in [0.1, 0.15) is 19.4 Å². The van der Waals surface area contributed by atoms with E-state index in [1.807, 2.05) is 6.92 Å². The Balaban J connectivity index is 2.90. The van der Waals surface area contributed by atoms with Crippen LogP contribution < -0.4 is 11.1 Å². The van der Waals surface area contributed by atoms with Gasteiger partial charge in [0.2, 0.25) is 5.91 Å². The van der Waals surface area contributed by atoms with Gasteiger partial charge in [-0.2, -0.15) is 0 Å². The van der Waals surface area contributed by atoms with Gasteiger partial charge in [0.05, 0.1) is 11.2 Å². The smallest absolute Gasteiger partial charge is 0.243 e. The molecule has 5 heteroatoms. The van der Waals surface area contributed by atoms with Crippen LogP contribution in [-0.4, -0.2) is 16.4 Å². The maximum Gasteiger partial charge on any atom is 0.243 e. The van der Waals surface area contributed by atoms with Gasteiger partial charge < -0.3 is 11.1 Å². The van der Waals surface area contributed by atoms with Gasteiger partial charge >= 0.3 is 0 Å². The van der Waals surface area contributed by atoms with E-state index in [-0.39, 0.29) is 11.1 Å².